The van der Waals surface area contributed by atoms with Crippen LogP contribution in [0.1, 0.15) is 12.5 Å². The fourth-order valence-corrected chi connectivity index (χ4v) is 5.09. The Hall–Kier alpha value is -2.85. The minimum atomic E-state index is -0.333. The molecule has 1 aliphatic rings. The molecule has 10 heteroatoms. The SMILES string of the molecule is CCOc1cc(/C=C2/SC(=S)N(c3ccc(Br)cc3)C2=O)ccc1OCC(=O)Nc1cccc(Cl)c1. The Morgan fingerprint density at radius 1 is 1.11 bits per heavy atom. The number of hydrogen-bond acceptors (Lipinski definition) is 6. The second-order valence-corrected chi connectivity index (χ2v) is 10.5. The maximum Gasteiger partial charge on any atom is 0.270 e. The van der Waals surface area contributed by atoms with E-state index in [1.54, 1.807) is 48.5 Å². The summed E-state index contributed by atoms with van der Waals surface area (Å²) in [6.45, 7) is 2.05. The Balaban J connectivity index is 1.47. The minimum Gasteiger partial charge on any atom is -0.490 e. The molecule has 1 fully saturated rings. The average molecular weight is 604 g/mol. The quantitative estimate of drug-likeness (QED) is 0.223. The molecule has 6 nitrogen and oxygen atoms in total. The van der Waals surface area contributed by atoms with Gasteiger partial charge in [0, 0.05) is 15.2 Å². The first-order valence-corrected chi connectivity index (χ1v) is 13.2. The summed E-state index contributed by atoms with van der Waals surface area (Å²) in [5.41, 5.74) is 2.03. The third kappa shape index (κ3) is 6.47. The first-order valence-electron chi connectivity index (χ1n) is 10.8. The lowest BCUT2D eigenvalue weighted by Crippen LogP contribution is -2.27. The number of thioether (sulfide) groups is 1. The maximum absolute atomic E-state index is 13.1. The van der Waals surface area contributed by atoms with Crippen molar-refractivity contribution >= 4 is 85.1 Å². The van der Waals surface area contributed by atoms with Crippen molar-refractivity contribution in [2.24, 2.45) is 0 Å². The smallest absolute Gasteiger partial charge is 0.270 e. The van der Waals surface area contributed by atoms with E-state index in [0.717, 1.165) is 10.0 Å². The lowest BCUT2D eigenvalue weighted by molar-refractivity contribution is -0.118. The second-order valence-electron chi connectivity index (χ2n) is 7.48. The molecule has 3 aromatic rings. The molecule has 0 unspecified atom stereocenters. The zero-order chi connectivity index (χ0) is 25.7. The standard InChI is InChI=1S/C26H20BrClN2O4S2/c1-2-33-22-12-16(6-11-21(22)34-15-24(31)29-19-5-3-4-18(28)14-19)13-23-25(32)30(26(35)36-23)20-9-7-17(27)8-10-20/h3-14H,2,15H2,1H3,(H,29,31)/b23-13+. The molecular formula is C26H20BrClN2O4S2. The van der Waals surface area contributed by atoms with Gasteiger partial charge >= 0.3 is 0 Å². The number of carbonyl (C=O) groups excluding carboxylic acids is 2. The van der Waals surface area contributed by atoms with Gasteiger partial charge in [-0.15, -0.1) is 0 Å². The molecule has 0 aliphatic carbocycles. The van der Waals surface area contributed by atoms with Crippen LogP contribution in [-0.2, 0) is 9.59 Å². The summed E-state index contributed by atoms with van der Waals surface area (Å²) >= 11 is 16.0. The molecule has 36 heavy (non-hydrogen) atoms. The summed E-state index contributed by atoms with van der Waals surface area (Å²) in [6, 6.07) is 19.5. The van der Waals surface area contributed by atoms with E-state index >= 15 is 0 Å². The lowest BCUT2D eigenvalue weighted by Gasteiger charge is -2.14. The van der Waals surface area contributed by atoms with Crippen molar-refractivity contribution in [3.63, 3.8) is 0 Å². The number of benzene rings is 3. The topological polar surface area (TPSA) is 67.9 Å². The molecule has 4 rings (SSSR count). The molecule has 0 bridgehead atoms. The summed E-state index contributed by atoms with van der Waals surface area (Å²) in [4.78, 5) is 27.4. The fourth-order valence-electron chi connectivity index (χ4n) is 3.34. The number of nitrogens with one attached hydrogen (secondary N) is 1. The minimum absolute atomic E-state index is 0.191. The number of anilines is 2. The molecule has 0 spiro atoms. The Morgan fingerprint density at radius 3 is 2.61 bits per heavy atom. The number of nitrogens with zero attached hydrogens (tertiary/aromatic N) is 1. The molecule has 1 saturated heterocycles. The van der Waals surface area contributed by atoms with Crippen molar-refractivity contribution in [3.8, 4) is 11.5 Å². The highest BCUT2D eigenvalue weighted by Gasteiger charge is 2.33. The van der Waals surface area contributed by atoms with Gasteiger partial charge in [0.2, 0.25) is 0 Å². The molecule has 1 aliphatic heterocycles. The lowest BCUT2D eigenvalue weighted by atomic mass is 10.1. The zero-order valence-electron chi connectivity index (χ0n) is 19.0. The Morgan fingerprint density at radius 2 is 1.89 bits per heavy atom. The molecule has 184 valence electrons. The molecule has 1 N–H and O–H groups in total. The van der Waals surface area contributed by atoms with Crippen molar-refractivity contribution in [1.82, 2.24) is 0 Å². The van der Waals surface area contributed by atoms with Gasteiger partial charge < -0.3 is 14.8 Å². The second kappa shape index (κ2) is 11.9. The van der Waals surface area contributed by atoms with Crippen molar-refractivity contribution in [1.29, 1.82) is 0 Å². The van der Waals surface area contributed by atoms with E-state index in [-0.39, 0.29) is 18.4 Å². The molecule has 2 amide bonds. The van der Waals surface area contributed by atoms with Crippen LogP contribution < -0.4 is 19.7 Å². The van der Waals surface area contributed by atoms with Crippen LogP contribution >= 0.6 is 51.5 Å². The molecule has 0 atom stereocenters. The van der Waals surface area contributed by atoms with Crippen molar-refractivity contribution in [3.05, 3.63) is 86.7 Å². The molecule has 0 aromatic heterocycles. The first kappa shape index (κ1) is 26.2. The number of rotatable bonds is 8. The number of thiocarbonyl (C=S) groups is 1. The zero-order valence-corrected chi connectivity index (χ0v) is 23.0. The van der Waals surface area contributed by atoms with Crippen LogP contribution in [0.3, 0.4) is 0 Å². The Kier molecular flexibility index (Phi) is 8.68. The predicted molar refractivity (Wildman–Crippen MR) is 153 cm³/mol. The van der Waals surface area contributed by atoms with Crippen molar-refractivity contribution in [2.75, 3.05) is 23.4 Å². The normalized spacial score (nSPS) is 14.3. The van der Waals surface area contributed by atoms with E-state index in [1.165, 1.54) is 16.7 Å². The summed E-state index contributed by atoms with van der Waals surface area (Å²) in [5, 5.41) is 3.26. The number of ether oxygens (including phenoxy) is 2. The fraction of sp³-hybridized carbons (Fsp3) is 0.115. The highest BCUT2D eigenvalue weighted by Crippen LogP contribution is 2.37. The highest BCUT2D eigenvalue weighted by atomic mass is 79.9. The Bertz CT molecular complexity index is 1350. The summed E-state index contributed by atoms with van der Waals surface area (Å²) < 4.78 is 12.8. The van der Waals surface area contributed by atoms with E-state index in [0.29, 0.717) is 43.7 Å². The van der Waals surface area contributed by atoms with Gasteiger partial charge in [-0.05, 0) is 73.2 Å². The largest absolute Gasteiger partial charge is 0.490 e. The van der Waals surface area contributed by atoms with E-state index < -0.39 is 0 Å². The predicted octanol–water partition coefficient (Wildman–Crippen LogP) is 6.92. The van der Waals surface area contributed by atoms with Crippen molar-refractivity contribution < 1.29 is 19.1 Å². The molecular weight excluding hydrogens is 584 g/mol. The van der Waals surface area contributed by atoms with Crippen LogP contribution in [0.5, 0.6) is 11.5 Å². The van der Waals surface area contributed by atoms with Gasteiger partial charge in [-0.2, -0.15) is 0 Å². The van der Waals surface area contributed by atoms with Gasteiger partial charge in [0.25, 0.3) is 11.8 Å². The number of carbonyl (C=O) groups is 2. The third-order valence-electron chi connectivity index (χ3n) is 4.91. The van der Waals surface area contributed by atoms with Gasteiger partial charge in [0.05, 0.1) is 17.2 Å². The van der Waals surface area contributed by atoms with Gasteiger partial charge in [0.1, 0.15) is 0 Å². The average Bonchev–Trinajstić information content (AvgIpc) is 3.12. The van der Waals surface area contributed by atoms with Crippen molar-refractivity contribution in [2.45, 2.75) is 6.92 Å². The van der Waals surface area contributed by atoms with Crippen LogP contribution in [-0.4, -0.2) is 29.3 Å². The van der Waals surface area contributed by atoms with Gasteiger partial charge in [-0.3, -0.25) is 14.5 Å². The summed E-state index contributed by atoms with van der Waals surface area (Å²) in [5.74, 6) is 0.353. The monoisotopic (exact) mass is 602 g/mol. The number of halogens is 2. The maximum atomic E-state index is 13.1. The summed E-state index contributed by atoms with van der Waals surface area (Å²) in [7, 11) is 0. The van der Waals surface area contributed by atoms with Crippen LogP contribution in [0.4, 0.5) is 11.4 Å². The molecule has 0 saturated carbocycles. The first-order chi connectivity index (χ1) is 17.3. The Labute approximate surface area is 231 Å². The van der Waals surface area contributed by atoms with E-state index in [1.807, 2.05) is 31.2 Å². The molecule has 0 radical (unpaired) electrons. The van der Waals surface area contributed by atoms with Gasteiger partial charge in [-0.25, -0.2) is 0 Å². The van der Waals surface area contributed by atoms with E-state index in [9.17, 15) is 9.59 Å². The van der Waals surface area contributed by atoms with E-state index in [4.69, 9.17) is 33.3 Å². The molecule has 1 heterocycles. The van der Waals surface area contributed by atoms with Crippen LogP contribution in [0.25, 0.3) is 6.08 Å². The molecule has 3 aromatic carbocycles. The van der Waals surface area contributed by atoms with Crippen LogP contribution in [0, 0.1) is 0 Å². The van der Waals surface area contributed by atoms with Gasteiger partial charge in [0.15, 0.2) is 22.4 Å². The third-order valence-corrected chi connectivity index (χ3v) is 6.98. The van der Waals surface area contributed by atoms with Crippen LogP contribution in [0.2, 0.25) is 5.02 Å². The van der Waals surface area contributed by atoms with E-state index in [2.05, 4.69) is 21.2 Å². The number of hydrogen-bond donors (Lipinski definition) is 1. The highest BCUT2D eigenvalue weighted by molar-refractivity contribution is 9.10. The van der Waals surface area contributed by atoms with Gasteiger partial charge in [-0.1, -0.05) is 63.6 Å². The summed E-state index contributed by atoms with van der Waals surface area (Å²) in [6.07, 6.45) is 1.76. The van der Waals surface area contributed by atoms with Crippen LogP contribution in [0.15, 0.2) is 76.1 Å². The number of amides is 2.